The second kappa shape index (κ2) is 9.90. The summed E-state index contributed by atoms with van der Waals surface area (Å²) in [4.78, 5) is 5.39. The molecule has 0 fully saturated rings. The van der Waals surface area contributed by atoms with Gasteiger partial charge < -0.3 is 4.57 Å². The third-order valence-electron chi connectivity index (χ3n) is 11.4. The highest BCUT2D eigenvalue weighted by molar-refractivity contribution is 6.33. The number of aromatic nitrogens is 2. The fraction of sp³-hybridized carbons (Fsp3) is 0.0625. The van der Waals surface area contributed by atoms with Gasteiger partial charge in [-0.3, -0.25) is 0 Å². The molecule has 1 aliphatic carbocycles. The van der Waals surface area contributed by atoms with Gasteiger partial charge in [0.15, 0.2) is 0 Å². The number of nitrogens with zero attached hydrogens (tertiary/aromatic N) is 2. The van der Waals surface area contributed by atoms with E-state index in [0.29, 0.717) is 0 Å². The number of hydrogen-bond donors (Lipinski definition) is 0. The normalized spacial score (nSPS) is 13.6. The van der Waals surface area contributed by atoms with Crippen LogP contribution in [0.3, 0.4) is 0 Å². The molecule has 0 spiro atoms. The summed E-state index contributed by atoms with van der Waals surface area (Å²) in [7, 11) is 0. The lowest BCUT2D eigenvalue weighted by molar-refractivity contribution is 0.661. The maximum absolute atomic E-state index is 5.39. The van der Waals surface area contributed by atoms with Crippen molar-refractivity contribution < 1.29 is 0 Å². The molecule has 0 bridgehead atoms. The van der Waals surface area contributed by atoms with E-state index in [1.54, 1.807) is 0 Å². The fourth-order valence-corrected chi connectivity index (χ4v) is 9.04. The van der Waals surface area contributed by atoms with Crippen molar-refractivity contribution in [1.82, 2.24) is 9.55 Å². The lowest BCUT2D eigenvalue weighted by atomic mass is 9.82. The van der Waals surface area contributed by atoms with Gasteiger partial charge in [0.05, 0.1) is 22.2 Å². The predicted molar refractivity (Wildman–Crippen MR) is 212 cm³/mol. The molecule has 2 aromatic heterocycles. The molecule has 0 radical (unpaired) electrons. The summed E-state index contributed by atoms with van der Waals surface area (Å²) in [5.74, 6) is 0. The smallest absolute Gasteiger partial charge is 0.0794 e. The molecule has 50 heavy (non-hydrogen) atoms. The summed E-state index contributed by atoms with van der Waals surface area (Å²) in [5, 5.41) is 11.3. The van der Waals surface area contributed by atoms with Gasteiger partial charge in [0.2, 0.25) is 0 Å². The van der Waals surface area contributed by atoms with E-state index in [1.165, 1.54) is 81.8 Å². The lowest BCUT2D eigenvalue weighted by Gasteiger charge is -2.21. The zero-order valence-corrected chi connectivity index (χ0v) is 27.9. The summed E-state index contributed by atoms with van der Waals surface area (Å²) in [6, 6.07) is 57.9. The van der Waals surface area contributed by atoms with Crippen LogP contribution in [-0.2, 0) is 5.41 Å². The first-order valence-electron chi connectivity index (χ1n) is 17.5. The number of para-hydroxylation sites is 2. The third kappa shape index (κ3) is 3.60. The average molecular weight is 637 g/mol. The van der Waals surface area contributed by atoms with Crippen molar-refractivity contribution in [1.29, 1.82) is 0 Å². The monoisotopic (exact) mass is 636 g/mol. The van der Waals surface area contributed by atoms with Crippen molar-refractivity contribution in [2.24, 2.45) is 0 Å². The van der Waals surface area contributed by atoms with Crippen LogP contribution in [0, 0.1) is 0 Å². The van der Waals surface area contributed by atoms with Crippen LogP contribution in [0.25, 0.3) is 93.1 Å². The zero-order valence-electron chi connectivity index (χ0n) is 27.9. The minimum atomic E-state index is -0.0455. The predicted octanol–water partition coefficient (Wildman–Crippen LogP) is 12.8. The summed E-state index contributed by atoms with van der Waals surface area (Å²) in [5.41, 5.74) is 12.2. The van der Waals surface area contributed by atoms with Crippen LogP contribution in [0.2, 0.25) is 0 Å². The molecule has 1 aliphatic rings. The van der Waals surface area contributed by atoms with E-state index in [4.69, 9.17) is 4.98 Å². The Bertz CT molecular complexity index is 3050. The van der Waals surface area contributed by atoms with Crippen LogP contribution in [0.1, 0.15) is 25.0 Å². The van der Waals surface area contributed by atoms with Gasteiger partial charge in [-0.25, -0.2) is 4.98 Å². The lowest BCUT2D eigenvalue weighted by Crippen LogP contribution is -2.14. The Morgan fingerprint density at radius 2 is 1.04 bits per heavy atom. The van der Waals surface area contributed by atoms with Crippen LogP contribution >= 0.6 is 0 Å². The molecule has 0 unspecified atom stereocenters. The maximum Gasteiger partial charge on any atom is 0.0794 e. The minimum absolute atomic E-state index is 0.0455. The molecule has 0 amide bonds. The van der Waals surface area contributed by atoms with Crippen LogP contribution < -0.4 is 0 Å². The minimum Gasteiger partial charge on any atom is -0.309 e. The van der Waals surface area contributed by atoms with Gasteiger partial charge in [0.25, 0.3) is 0 Å². The first-order valence-corrected chi connectivity index (χ1v) is 17.5. The van der Waals surface area contributed by atoms with Gasteiger partial charge >= 0.3 is 0 Å². The first kappa shape index (κ1) is 27.7. The summed E-state index contributed by atoms with van der Waals surface area (Å²) in [6.07, 6.45) is 0. The standard InChI is InChI=1S/C48H32N2/c1-48(2)40-20-10-7-15-33(40)38-28-44-39(27-41(38)48)34-16-9-12-22-43(34)50(44)30-25-23-29(24-26-30)47-46-36-18-6-4-14-32(36)31-13-3-5-17-35(31)45(46)37-19-8-11-21-42(37)49-47/h3-28H,1-2H3. The largest absolute Gasteiger partial charge is 0.309 e. The van der Waals surface area contributed by atoms with E-state index in [1.807, 2.05) is 0 Å². The number of pyridine rings is 1. The molecule has 10 aromatic rings. The maximum atomic E-state index is 5.39. The van der Waals surface area contributed by atoms with Crippen LogP contribution in [0.5, 0.6) is 0 Å². The van der Waals surface area contributed by atoms with Crippen LogP contribution in [-0.4, -0.2) is 9.55 Å². The molecule has 8 aromatic carbocycles. The van der Waals surface area contributed by atoms with Crippen molar-refractivity contribution >= 4 is 65.0 Å². The van der Waals surface area contributed by atoms with Gasteiger partial charge in [0, 0.05) is 43.6 Å². The molecule has 0 saturated heterocycles. The Kier molecular flexibility index (Phi) is 5.48. The summed E-state index contributed by atoms with van der Waals surface area (Å²) in [6.45, 7) is 4.72. The van der Waals surface area contributed by atoms with E-state index < -0.39 is 0 Å². The fourth-order valence-electron chi connectivity index (χ4n) is 9.04. The molecule has 2 nitrogen and oxygen atoms in total. The Hall–Kier alpha value is -6.25. The van der Waals surface area contributed by atoms with Gasteiger partial charge in [-0.1, -0.05) is 135 Å². The number of benzene rings is 8. The molecule has 0 atom stereocenters. The summed E-state index contributed by atoms with van der Waals surface area (Å²) < 4.78 is 2.44. The second-order valence-corrected chi connectivity index (χ2v) is 14.3. The van der Waals surface area contributed by atoms with Crippen molar-refractivity contribution in [2.75, 3.05) is 0 Å². The van der Waals surface area contributed by atoms with E-state index >= 15 is 0 Å². The van der Waals surface area contributed by atoms with Gasteiger partial charge in [-0.2, -0.15) is 0 Å². The van der Waals surface area contributed by atoms with Crippen molar-refractivity contribution in [2.45, 2.75) is 19.3 Å². The Balaban J connectivity index is 1.17. The quantitative estimate of drug-likeness (QED) is 0.173. The molecule has 0 saturated carbocycles. The van der Waals surface area contributed by atoms with Crippen LogP contribution in [0.15, 0.2) is 158 Å². The number of rotatable bonds is 2. The Morgan fingerprint density at radius 3 is 1.80 bits per heavy atom. The van der Waals surface area contributed by atoms with E-state index in [9.17, 15) is 0 Å². The average Bonchev–Trinajstić information content (AvgIpc) is 3.61. The van der Waals surface area contributed by atoms with E-state index in [0.717, 1.165) is 22.5 Å². The zero-order chi connectivity index (χ0) is 33.1. The second-order valence-electron chi connectivity index (χ2n) is 14.3. The van der Waals surface area contributed by atoms with Gasteiger partial charge in [-0.05, 0) is 80.2 Å². The highest BCUT2D eigenvalue weighted by atomic mass is 15.0. The SMILES string of the molecule is CC1(C)c2ccccc2-c2cc3c(cc21)c1ccccc1n3-c1ccc(-c2nc3ccccc3c3c4ccccc4c4ccccc4c23)cc1. The van der Waals surface area contributed by atoms with E-state index in [-0.39, 0.29) is 5.41 Å². The third-order valence-corrected chi connectivity index (χ3v) is 11.4. The summed E-state index contributed by atoms with van der Waals surface area (Å²) >= 11 is 0. The first-order chi connectivity index (χ1) is 24.6. The highest BCUT2D eigenvalue weighted by Crippen LogP contribution is 2.51. The molecule has 0 aliphatic heterocycles. The molecular weight excluding hydrogens is 605 g/mol. The van der Waals surface area contributed by atoms with Gasteiger partial charge in [0.1, 0.15) is 0 Å². The van der Waals surface area contributed by atoms with Crippen LogP contribution in [0.4, 0.5) is 0 Å². The highest BCUT2D eigenvalue weighted by Gasteiger charge is 2.36. The van der Waals surface area contributed by atoms with Crippen molar-refractivity contribution in [3.63, 3.8) is 0 Å². The number of fused-ring (bicyclic) bond motifs is 14. The van der Waals surface area contributed by atoms with Crippen molar-refractivity contribution in [3.8, 4) is 28.1 Å². The van der Waals surface area contributed by atoms with Gasteiger partial charge in [-0.15, -0.1) is 0 Å². The molecule has 11 rings (SSSR count). The molecule has 0 N–H and O–H groups in total. The molecule has 2 heterocycles. The molecular formula is C48H32N2. The Labute approximate surface area is 289 Å². The van der Waals surface area contributed by atoms with E-state index in [2.05, 4.69) is 176 Å². The molecule has 234 valence electrons. The molecule has 2 heteroatoms. The Morgan fingerprint density at radius 1 is 0.440 bits per heavy atom. The van der Waals surface area contributed by atoms with Crippen molar-refractivity contribution in [3.05, 3.63) is 169 Å². The topological polar surface area (TPSA) is 17.8 Å². The number of hydrogen-bond acceptors (Lipinski definition) is 1.